The number of esters is 2. The summed E-state index contributed by atoms with van der Waals surface area (Å²) in [6.07, 6.45) is -1.53. The molecule has 2 unspecified atom stereocenters. The molecule has 8 nitrogen and oxygen atoms in total. The molecular formula is C35H30N2O6S2. The summed E-state index contributed by atoms with van der Waals surface area (Å²) in [6.45, 7) is 1.31. The Morgan fingerprint density at radius 3 is 1.93 bits per heavy atom. The standard InChI is InChI=1S/C35H30N2O6S2/c1-22(38)42-32(25-16-9-4-10-17-25)27-21-45-34-29(36-28(39)20-26-18-11-19-44-26)33(40)37(34)30(27)35(41)43-31(23-12-5-2-6-13-23)24-14-7-3-8-15-24/h2-19,29,31-32,34H,20-21H2,1H3,(H,36,39)/t29?,32?,34-/m1/s1. The van der Waals surface area contributed by atoms with Gasteiger partial charge in [0.1, 0.15) is 17.1 Å². The summed E-state index contributed by atoms with van der Waals surface area (Å²) in [5.74, 6) is -1.69. The van der Waals surface area contributed by atoms with E-state index >= 15 is 0 Å². The quantitative estimate of drug-likeness (QED) is 0.179. The molecule has 3 aromatic carbocycles. The predicted octanol–water partition coefficient (Wildman–Crippen LogP) is 5.58. The summed E-state index contributed by atoms with van der Waals surface area (Å²) >= 11 is 2.87. The summed E-state index contributed by atoms with van der Waals surface area (Å²) < 4.78 is 12.0. The Kier molecular flexibility index (Phi) is 9.13. The molecule has 1 aromatic heterocycles. The molecule has 1 saturated heterocycles. The number of carbonyl (C=O) groups excluding carboxylic acids is 4. The molecule has 0 bridgehead atoms. The van der Waals surface area contributed by atoms with E-state index in [-0.39, 0.29) is 23.8 Å². The van der Waals surface area contributed by atoms with Gasteiger partial charge in [-0.05, 0) is 28.1 Å². The molecular weight excluding hydrogens is 609 g/mol. The van der Waals surface area contributed by atoms with Crippen molar-refractivity contribution in [1.29, 1.82) is 0 Å². The molecule has 4 aromatic rings. The highest BCUT2D eigenvalue weighted by molar-refractivity contribution is 8.00. The van der Waals surface area contributed by atoms with E-state index in [1.807, 2.05) is 109 Å². The Labute approximate surface area is 269 Å². The molecule has 3 heterocycles. The fraction of sp³-hybridized carbons (Fsp3) is 0.200. The summed E-state index contributed by atoms with van der Waals surface area (Å²) in [4.78, 5) is 55.5. The van der Waals surface area contributed by atoms with Crippen LogP contribution in [-0.4, -0.2) is 45.8 Å². The smallest absolute Gasteiger partial charge is 0.356 e. The molecule has 0 radical (unpaired) electrons. The fourth-order valence-electron chi connectivity index (χ4n) is 5.51. The van der Waals surface area contributed by atoms with Gasteiger partial charge in [0, 0.05) is 23.1 Å². The Balaban J connectivity index is 1.37. The van der Waals surface area contributed by atoms with Crippen LogP contribution in [0.5, 0.6) is 0 Å². The highest BCUT2D eigenvalue weighted by Crippen LogP contribution is 2.45. The normalized spacial score (nSPS) is 18.1. The lowest BCUT2D eigenvalue weighted by atomic mass is 9.96. The van der Waals surface area contributed by atoms with Crippen LogP contribution in [0, 0.1) is 0 Å². The zero-order valence-corrected chi connectivity index (χ0v) is 26.0. The number of β-lactam (4-membered cyclic amide) rings is 1. The van der Waals surface area contributed by atoms with Crippen LogP contribution in [0.3, 0.4) is 0 Å². The first-order valence-electron chi connectivity index (χ1n) is 14.4. The lowest BCUT2D eigenvalue weighted by molar-refractivity contribution is -0.155. The molecule has 2 amide bonds. The Bertz CT molecular complexity index is 1670. The first-order valence-corrected chi connectivity index (χ1v) is 16.4. The molecule has 228 valence electrons. The second kappa shape index (κ2) is 13.5. The fourth-order valence-corrected chi connectivity index (χ4v) is 7.59. The van der Waals surface area contributed by atoms with E-state index in [1.54, 1.807) is 0 Å². The van der Waals surface area contributed by atoms with E-state index in [1.165, 1.54) is 34.9 Å². The second-order valence-electron chi connectivity index (χ2n) is 10.6. The minimum atomic E-state index is -0.924. The topological polar surface area (TPSA) is 102 Å². The third kappa shape index (κ3) is 6.57. The van der Waals surface area contributed by atoms with Crippen molar-refractivity contribution in [2.24, 2.45) is 0 Å². The Hall–Kier alpha value is -4.67. The maximum absolute atomic E-state index is 14.4. The Morgan fingerprint density at radius 1 is 0.822 bits per heavy atom. The van der Waals surface area contributed by atoms with Crippen molar-refractivity contribution in [3.63, 3.8) is 0 Å². The summed E-state index contributed by atoms with van der Waals surface area (Å²) in [7, 11) is 0. The van der Waals surface area contributed by atoms with Gasteiger partial charge >= 0.3 is 11.9 Å². The first-order chi connectivity index (χ1) is 21.9. The number of nitrogens with one attached hydrogen (secondary N) is 1. The number of nitrogens with zero attached hydrogens (tertiary/aromatic N) is 1. The minimum Gasteiger partial charge on any atom is -0.453 e. The van der Waals surface area contributed by atoms with Gasteiger partial charge in [-0.1, -0.05) is 97.1 Å². The average Bonchev–Trinajstić information content (AvgIpc) is 3.58. The van der Waals surface area contributed by atoms with Crippen molar-refractivity contribution in [3.05, 3.63) is 141 Å². The van der Waals surface area contributed by atoms with Crippen molar-refractivity contribution in [2.75, 3.05) is 5.75 Å². The van der Waals surface area contributed by atoms with Crippen molar-refractivity contribution in [1.82, 2.24) is 10.2 Å². The number of carbonyl (C=O) groups is 4. The Morgan fingerprint density at radius 2 is 1.40 bits per heavy atom. The number of rotatable bonds is 10. The van der Waals surface area contributed by atoms with Crippen molar-refractivity contribution < 1.29 is 28.7 Å². The van der Waals surface area contributed by atoms with Gasteiger partial charge in [0.25, 0.3) is 5.91 Å². The number of thioether (sulfide) groups is 1. The van der Waals surface area contributed by atoms with Gasteiger partial charge in [-0.25, -0.2) is 4.79 Å². The van der Waals surface area contributed by atoms with Gasteiger partial charge in [0.15, 0.2) is 12.2 Å². The maximum Gasteiger partial charge on any atom is 0.356 e. The van der Waals surface area contributed by atoms with E-state index in [4.69, 9.17) is 9.47 Å². The van der Waals surface area contributed by atoms with Crippen molar-refractivity contribution in [2.45, 2.75) is 37.0 Å². The molecule has 2 aliphatic heterocycles. The number of ether oxygens (including phenoxy) is 2. The monoisotopic (exact) mass is 638 g/mol. The average molecular weight is 639 g/mol. The number of benzene rings is 3. The van der Waals surface area contributed by atoms with E-state index in [2.05, 4.69) is 5.32 Å². The lowest BCUT2D eigenvalue weighted by Gasteiger charge is -2.50. The molecule has 1 N–H and O–H groups in total. The molecule has 45 heavy (non-hydrogen) atoms. The van der Waals surface area contributed by atoms with Crippen LogP contribution in [0.4, 0.5) is 0 Å². The molecule has 6 rings (SSSR count). The molecule has 0 spiro atoms. The number of hydrogen-bond acceptors (Lipinski definition) is 8. The van der Waals surface area contributed by atoms with E-state index in [9.17, 15) is 19.2 Å². The van der Waals surface area contributed by atoms with Gasteiger partial charge < -0.3 is 14.8 Å². The van der Waals surface area contributed by atoms with Crippen LogP contribution < -0.4 is 5.32 Å². The first kappa shape index (κ1) is 30.4. The summed E-state index contributed by atoms with van der Waals surface area (Å²) in [5.41, 5.74) is 2.64. The van der Waals surface area contributed by atoms with Gasteiger partial charge in [-0.2, -0.15) is 0 Å². The van der Waals surface area contributed by atoms with Crippen LogP contribution in [0.2, 0.25) is 0 Å². The molecule has 10 heteroatoms. The molecule has 1 fully saturated rings. The van der Waals surface area contributed by atoms with Gasteiger partial charge in [0.05, 0.1) is 6.42 Å². The van der Waals surface area contributed by atoms with E-state index in [0.29, 0.717) is 11.1 Å². The molecule has 0 aliphatic carbocycles. The number of hydrogen-bond donors (Lipinski definition) is 1. The maximum atomic E-state index is 14.4. The molecule has 2 aliphatic rings. The molecule has 0 saturated carbocycles. The zero-order chi connectivity index (χ0) is 31.3. The van der Waals surface area contributed by atoms with Gasteiger partial charge in [-0.15, -0.1) is 23.1 Å². The van der Waals surface area contributed by atoms with E-state index < -0.39 is 41.5 Å². The largest absolute Gasteiger partial charge is 0.453 e. The number of amides is 2. The minimum absolute atomic E-state index is 0.0273. The van der Waals surface area contributed by atoms with Crippen LogP contribution >= 0.6 is 23.1 Å². The summed E-state index contributed by atoms with van der Waals surface area (Å²) in [6, 6.07) is 30.7. The van der Waals surface area contributed by atoms with E-state index in [0.717, 1.165) is 16.0 Å². The molecule has 3 atom stereocenters. The van der Waals surface area contributed by atoms with Gasteiger partial charge in [0.2, 0.25) is 5.91 Å². The van der Waals surface area contributed by atoms with Crippen LogP contribution in [0.1, 0.15) is 40.7 Å². The third-order valence-electron chi connectivity index (χ3n) is 7.55. The summed E-state index contributed by atoms with van der Waals surface area (Å²) in [5, 5.41) is 4.22. The number of thiophene rings is 1. The number of fused-ring (bicyclic) bond motifs is 1. The van der Waals surface area contributed by atoms with Gasteiger partial charge in [-0.3, -0.25) is 19.3 Å². The zero-order valence-electron chi connectivity index (χ0n) is 24.3. The van der Waals surface area contributed by atoms with Crippen LogP contribution in [0.25, 0.3) is 0 Å². The third-order valence-corrected chi connectivity index (χ3v) is 9.73. The lowest BCUT2D eigenvalue weighted by Crippen LogP contribution is -2.70. The highest BCUT2D eigenvalue weighted by atomic mass is 32.2. The highest BCUT2D eigenvalue weighted by Gasteiger charge is 2.55. The van der Waals surface area contributed by atoms with Crippen molar-refractivity contribution >= 4 is 46.9 Å². The van der Waals surface area contributed by atoms with Crippen LogP contribution in [-0.2, 0) is 35.1 Å². The van der Waals surface area contributed by atoms with Crippen molar-refractivity contribution in [3.8, 4) is 0 Å². The predicted molar refractivity (Wildman–Crippen MR) is 172 cm³/mol. The van der Waals surface area contributed by atoms with Crippen LogP contribution in [0.15, 0.2) is 120 Å². The second-order valence-corrected chi connectivity index (χ2v) is 12.7. The SMILES string of the molecule is CC(=O)OC(C1=C(C(=O)OC(c2ccccc2)c2ccccc2)N2C(=O)C(NC(=O)Cc3cccs3)[C@H]2SC1)c1ccccc1.